The quantitative estimate of drug-likeness (QED) is 0.805. The molecule has 1 aromatic carbocycles. The molecule has 1 unspecified atom stereocenters. The molecule has 2 heterocycles. The maximum absolute atomic E-state index is 13.1. The fraction of sp³-hybridized carbons (Fsp3) is 0.562. The van der Waals surface area contributed by atoms with Gasteiger partial charge in [0.15, 0.2) is 9.84 Å². The van der Waals surface area contributed by atoms with Crippen LogP contribution in [0.4, 0.5) is 4.39 Å². The lowest BCUT2D eigenvalue weighted by atomic mass is 10.1. The molecule has 2 aliphatic heterocycles. The van der Waals surface area contributed by atoms with Crippen molar-refractivity contribution >= 4 is 27.3 Å². The number of benzene rings is 1. The Balaban J connectivity index is 1.53. The highest BCUT2D eigenvalue weighted by molar-refractivity contribution is 7.91. The fourth-order valence-corrected chi connectivity index (χ4v) is 5.22. The van der Waals surface area contributed by atoms with Crippen LogP contribution in [-0.4, -0.2) is 61.8 Å². The van der Waals surface area contributed by atoms with E-state index in [1.54, 1.807) is 11.0 Å². The molecule has 0 aromatic heterocycles. The molecule has 2 aliphatic rings. The number of hydrogen-bond donors (Lipinski definition) is 0. The number of halogens is 2. The molecule has 1 aromatic rings. The molecule has 2 saturated heterocycles. The Hall–Kier alpha value is -1.18. The van der Waals surface area contributed by atoms with Crippen molar-refractivity contribution in [3.63, 3.8) is 0 Å². The lowest BCUT2D eigenvalue weighted by Crippen LogP contribution is -2.50. The van der Waals surface area contributed by atoms with Crippen molar-refractivity contribution in [3.05, 3.63) is 34.6 Å². The summed E-state index contributed by atoms with van der Waals surface area (Å²) in [6, 6.07) is 4.37. The third-order valence-electron chi connectivity index (χ3n) is 4.67. The molecule has 2 fully saturated rings. The SMILES string of the molecule is O=C(C1CCS(=O)(=O)C1)N1CCN(Cc2ccc(F)cc2Cl)CC1. The molecule has 5 nitrogen and oxygen atoms in total. The van der Waals surface area contributed by atoms with E-state index in [0.717, 1.165) is 5.56 Å². The Morgan fingerprint density at radius 3 is 2.54 bits per heavy atom. The van der Waals surface area contributed by atoms with Crippen molar-refractivity contribution in [2.75, 3.05) is 37.7 Å². The molecule has 0 aliphatic carbocycles. The zero-order chi connectivity index (χ0) is 17.3. The van der Waals surface area contributed by atoms with Crippen LogP contribution in [0.2, 0.25) is 5.02 Å². The van der Waals surface area contributed by atoms with E-state index < -0.39 is 9.84 Å². The number of amides is 1. The van der Waals surface area contributed by atoms with Crippen molar-refractivity contribution in [2.45, 2.75) is 13.0 Å². The third-order valence-corrected chi connectivity index (χ3v) is 6.79. The van der Waals surface area contributed by atoms with Crippen molar-refractivity contribution in [1.82, 2.24) is 9.80 Å². The Morgan fingerprint density at radius 1 is 1.25 bits per heavy atom. The van der Waals surface area contributed by atoms with Gasteiger partial charge < -0.3 is 4.90 Å². The summed E-state index contributed by atoms with van der Waals surface area (Å²) in [4.78, 5) is 16.3. The van der Waals surface area contributed by atoms with Crippen LogP contribution in [0.3, 0.4) is 0 Å². The summed E-state index contributed by atoms with van der Waals surface area (Å²) in [6.45, 7) is 3.15. The van der Waals surface area contributed by atoms with Crippen LogP contribution in [0, 0.1) is 11.7 Å². The van der Waals surface area contributed by atoms with E-state index in [1.807, 2.05) is 0 Å². The molecule has 1 amide bonds. The average Bonchev–Trinajstić information content (AvgIpc) is 2.90. The highest BCUT2D eigenvalue weighted by atomic mass is 35.5. The Bertz CT molecular complexity index is 733. The predicted molar refractivity (Wildman–Crippen MR) is 90.0 cm³/mol. The highest BCUT2D eigenvalue weighted by Gasteiger charge is 2.36. The first-order valence-corrected chi connectivity index (χ1v) is 10.2. The number of piperazine rings is 1. The topological polar surface area (TPSA) is 57.7 Å². The maximum atomic E-state index is 13.1. The van der Waals surface area contributed by atoms with Crippen LogP contribution in [0.25, 0.3) is 0 Å². The zero-order valence-corrected chi connectivity index (χ0v) is 14.8. The molecule has 8 heteroatoms. The lowest BCUT2D eigenvalue weighted by Gasteiger charge is -2.36. The number of carbonyl (C=O) groups is 1. The fourth-order valence-electron chi connectivity index (χ4n) is 3.27. The predicted octanol–water partition coefficient (Wildman–Crippen LogP) is 1.56. The van der Waals surface area contributed by atoms with Gasteiger partial charge in [0.2, 0.25) is 5.91 Å². The van der Waals surface area contributed by atoms with Gasteiger partial charge in [-0.25, -0.2) is 12.8 Å². The van der Waals surface area contributed by atoms with Gasteiger partial charge in [0.1, 0.15) is 5.82 Å². The smallest absolute Gasteiger partial charge is 0.226 e. The Morgan fingerprint density at radius 2 is 1.96 bits per heavy atom. The molecule has 0 saturated carbocycles. The highest BCUT2D eigenvalue weighted by Crippen LogP contribution is 2.23. The molecule has 1 atom stereocenters. The average molecular weight is 375 g/mol. The van der Waals surface area contributed by atoms with Gasteiger partial charge in [0.05, 0.1) is 17.4 Å². The lowest BCUT2D eigenvalue weighted by molar-refractivity contribution is -0.136. The van der Waals surface area contributed by atoms with Gasteiger partial charge in [-0.1, -0.05) is 17.7 Å². The van der Waals surface area contributed by atoms with Gasteiger partial charge in [-0.05, 0) is 24.1 Å². The van der Waals surface area contributed by atoms with E-state index in [1.165, 1.54) is 12.1 Å². The minimum atomic E-state index is -3.04. The molecule has 24 heavy (non-hydrogen) atoms. The summed E-state index contributed by atoms with van der Waals surface area (Å²) < 4.78 is 36.1. The number of carbonyl (C=O) groups excluding carboxylic acids is 1. The summed E-state index contributed by atoms with van der Waals surface area (Å²) in [6.07, 6.45) is 0.437. The van der Waals surface area contributed by atoms with Gasteiger partial charge in [-0.15, -0.1) is 0 Å². The summed E-state index contributed by atoms with van der Waals surface area (Å²) >= 11 is 6.05. The van der Waals surface area contributed by atoms with E-state index in [0.29, 0.717) is 44.2 Å². The van der Waals surface area contributed by atoms with E-state index in [9.17, 15) is 17.6 Å². The van der Waals surface area contributed by atoms with Gasteiger partial charge in [0.25, 0.3) is 0 Å². The van der Waals surface area contributed by atoms with E-state index in [-0.39, 0.29) is 29.1 Å². The van der Waals surface area contributed by atoms with E-state index in [4.69, 9.17) is 11.6 Å². The van der Waals surface area contributed by atoms with Crippen molar-refractivity contribution < 1.29 is 17.6 Å². The van der Waals surface area contributed by atoms with E-state index in [2.05, 4.69) is 4.90 Å². The van der Waals surface area contributed by atoms with Crippen LogP contribution in [0.5, 0.6) is 0 Å². The van der Waals surface area contributed by atoms with E-state index >= 15 is 0 Å². The van der Waals surface area contributed by atoms with Crippen LogP contribution < -0.4 is 0 Å². The monoisotopic (exact) mass is 374 g/mol. The summed E-state index contributed by atoms with van der Waals surface area (Å²) in [5.41, 5.74) is 0.861. The van der Waals surface area contributed by atoms with Gasteiger partial charge in [-0.3, -0.25) is 9.69 Å². The van der Waals surface area contributed by atoms with Crippen LogP contribution in [0.15, 0.2) is 18.2 Å². The number of hydrogen-bond acceptors (Lipinski definition) is 4. The van der Waals surface area contributed by atoms with Gasteiger partial charge >= 0.3 is 0 Å². The number of sulfone groups is 1. The Labute approximate surface area is 146 Å². The first-order chi connectivity index (χ1) is 11.3. The molecule has 3 rings (SSSR count). The normalized spacial score (nSPS) is 24.2. The van der Waals surface area contributed by atoms with Crippen LogP contribution in [0.1, 0.15) is 12.0 Å². The number of nitrogens with zero attached hydrogens (tertiary/aromatic N) is 2. The molecule has 132 valence electrons. The molecule has 0 bridgehead atoms. The number of rotatable bonds is 3. The molecular weight excluding hydrogens is 355 g/mol. The summed E-state index contributed by atoms with van der Waals surface area (Å²) in [5.74, 6) is -0.682. The minimum absolute atomic E-state index is 0.0166. The third kappa shape index (κ3) is 4.07. The summed E-state index contributed by atoms with van der Waals surface area (Å²) in [7, 11) is -3.04. The van der Waals surface area contributed by atoms with Gasteiger partial charge in [0, 0.05) is 37.7 Å². The van der Waals surface area contributed by atoms with Crippen molar-refractivity contribution in [3.8, 4) is 0 Å². The first kappa shape index (κ1) is 17.6. The molecule has 0 N–H and O–H groups in total. The molecular formula is C16H20ClFN2O3S. The second-order valence-electron chi connectivity index (χ2n) is 6.44. The maximum Gasteiger partial charge on any atom is 0.226 e. The van der Waals surface area contributed by atoms with Crippen molar-refractivity contribution in [1.29, 1.82) is 0 Å². The standard InChI is InChI=1S/C16H20ClFN2O3S/c17-15-9-14(18)2-1-12(15)10-19-4-6-20(7-5-19)16(21)13-3-8-24(22,23)11-13/h1-2,9,13H,3-8,10-11H2. The minimum Gasteiger partial charge on any atom is -0.340 e. The largest absolute Gasteiger partial charge is 0.340 e. The molecule has 0 radical (unpaired) electrons. The second kappa shape index (κ2) is 6.98. The van der Waals surface area contributed by atoms with Crippen LogP contribution in [-0.2, 0) is 21.2 Å². The van der Waals surface area contributed by atoms with Gasteiger partial charge in [-0.2, -0.15) is 0 Å². The van der Waals surface area contributed by atoms with Crippen molar-refractivity contribution in [2.24, 2.45) is 5.92 Å². The zero-order valence-electron chi connectivity index (χ0n) is 13.2. The first-order valence-electron chi connectivity index (χ1n) is 7.99. The molecule has 0 spiro atoms. The van der Waals surface area contributed by atoms with Crippen LogP contribution >= 0.6 is 11.6 Å². The second-order valence-corrected chi connectivity index (χ2v) is 9.07. The summed E-state index contributed by atoms with van der Waals surface area (Å²) in [5, 5.41) is 0.407. The Kier molecular flexibility index (Phi) is 5.13.